The van der Waals surface area contributed by atoms with Crippen LogP contribution in [0.3, 0.4) is 0 Å². The topological polar surface area (TPSA) is 52.0 Å². The number of nitrogens with zero attached hydrogens (tertiary/aromatic N) is 1. The molecule has 0 radical (unpaired) electrons. The second-order valence-corrected chi connectivity index (χ2v) is 5.29. The van der Waals surface area contributed by atoms with E-state index in [0.29, 0.717) is 5.25 Å². The van der Waals surface area contributed by atoms with Crippen molar-refractivity contribution in [3.63, 3.8) is 0 Å². The highest BCUT2D eigenvalue weighted by molar-refractivity contribution is 7.99. The van der Waals surface area contributed by atoms with Crippen molar-refractivity contribution in [2.24, 2.45) is 0 Å². The number of anilines is 1. The van der Waals surface area contributed by atoms with E-state index in [0.717, 1.165) is 34.9 Å². The number of aromatic nitrogens is 1. The molecule has 16 heavy (non-hydrogen) atoms. The van der Waals surface area contributed by atoms with Gasteiger partial charge < -0.3 is 10.2 Å². The SMILES string of the molecule is CCC(C)SCc1nc2cc(N)ccc2o1. The Kier molecular flexibility index (Phi) is 3.39. The van der Waals surface area contributed by atoms with Crippen molar-refractivity contribution < 1.29 is 4.42 Å². The van der Waals surface area contributed by atoms with Crippen LogP contribution in [0.25, 0.3) is 11.1 Å². The lowest BCUT2D eigenvalue weighted by Gasteiger charge is -2.04. The van der Waals surface area contributed by atoms with Gasteiger partial charge in [-0.3, -0.25) is 0 Å². The van der Waals surface area contributed by atoms with Crippen molar-refractivity contribution in [2.45, 2.75) is 31.3 Å². The van der Waals surface area contributed by atoms with Crippen molar-refractivity contribution in [2.75, 3.05) is 5.73 Å². The van der Waals surface area contributed by atoms with Crippen LogP contribution >= 0.6 is 11.8 Å². The van der Waals surface area contributed by atoms with Gasteiger partial charge in [-0.25, -0.2) is 4.98 Å². The molecule has 1 heterocycles. The van der Waals surface area contributed by atoms with Crippen LogP contribution in [-0.2, 0) is 5.75 Å². The summed E-state index contributed by atoms with van der Waals surface area (Å²) in [5.74, 6) is 1.61. The molecule has 4 heteroatoms. The third-order valence-electron chi connectivity index (χ3n) is 2.52. The highest BCUT2D eigenvalue weighted by atomic mass is 32.2. The predicted octanol–water partition coefficient (Wildman–Crippen LogP) is 3.44. The van der Waals surface area contributed by atoms with Gasteiger partial charge in [0, 0.05) is 10.9 Å². The molecule has 0 amide bonds. The molecule has 0 spiro atoms. The van der Waals surface area contributed by atoms with E-state index in [1.54, 1.807) is 0 Å². The van der Waals surface area contributed by atoms with Crippen LogP contribution in [-0.4, -0.2) is 10.2 Å². The zero-order valence-electron chi connectivity index (χ0n) is 9.56. The number of fused-ring (bicyclic) bond motifs is 1. The van der Waals surface area contributed by atoms with Crippen molar-refractivity contribution in [3.05, 3.63) is 24.1 Å². The first-order chi connectivity index (χ1) is 7.69. The third-order valence-corrected chi connectivity index (χ3v) is 3.84. The van der Waals surface area contributed by atoms with Gasteiger partial charge in [-0.2, -0.15) is 0 Å². The zero-order valence-corrected chi connectivity index (χ0v) is 10.4. The molecule has 1 aromatic heterocycles. The van der Waals surface area contributed by atoms with E-state index in [1.807, 2.05) is 30.0 Å². The molecule has 2 rings (SSSR count). The molecule has 0 aliphatic carbocycles. The maximum atomic E-state index is 5.69. The lowest BCUT2D eigenvalue weighted by atomic mass is 10.3. The summed E-state index contributed by atoms with van der Waals surface area (Å²) in [7, 11) is 0. The Morgan fingerprint density at radius 2 is 2.31 bits per heavy atom. The zero-order chi connectivity index (χ0) is 11.5. The molecular weight excluding hydrogens is 220 g/mol. The molecule has 0 aliphatic rings. The summed E-state index contributed by atoms with van der Waals surface area (Å²) in [6.07, 6.45) is 1.16. The molecule has 1 unspecified atom stereocenters. The van der Waals surface area contributed by atoms with Gasteiger partial charge in [-0.1, -0.05) is 13.8 Å². The number of nitrogens with two attached hydrogens (primary N) is 1. The number of thioether (sulfide) groups is 1. The molecule has 86 valence electrons. The summed E-state index contributed by atoms with van der Waals surface area (Å²) < 4.78 is 5.63. The van der Waals surface area contributed by atoms with Crippen LogP contribution in [0, 0.1) is 0 Å². The maximum absolute atomic E-state index is 5.69. The number of benzene rings is 1. The Bertz CT molecular complexity index is 481. The fraction of sp³-hybridized carbons (Fsp3) is 0.417. The Hall–Kier alpha value is -1.16. The molecule has 2 aromatic rings. The van der Waals surface area contributed by atoms with E-state index >= 15 is 0 Å². The fourth-order valence-corrected chi connectivity index (χ4v) is 2.17. The van der Waals surface area contributed by atoms with E-state index in [1.165, 1.54) is 0 Å². The normalized spacial score (nSPS) is 13.1. The van der Waals surface area contributed by atoms with Crippen molar-refractivity contribution in [1.29, 1.82) is 0 Å². The van der Waals surface area contributed by atoms with E-state index in [2.05, 4.69) is 18.8 Å². The van der Waals surface area contributed by atoms with E-state index < -0.39 is 0 Å². The van der Waals surface area contributed by atoms with Crippen LogP contribution in [0.2, 0.25) is 0 Å². The monoisotopic (exact) mass is 236 g/mol. The molecule has 2 N–H and O–H groups in total. The number of nitrogen functional groups attached to an aromatic ring is 1. The third kappa shape index (κ3) is 2.50. The number of rotatable bonds is 4. The average Bonchev–Trinajstić information content (AvgIpc) is 2.67. The van der Waals surface area contributed by atoms with Crippen molar-refractivity contribution in [1.82, 2.24) is 4.98 Å². The second kappa shape index (κ2) is 4.78. The quantitative estimate of drug-likeness (QED) is 0.826. The van der Waals surface area contributed by atoms with Gasteiger partial charge in [0.1, 0.15) is 5.52 Å². The second-order valence-electron chi connectivity index (χ2n) is 3.86. The van der Waals surface area contributed by atoms with Gasteiger partial charge in [-0.05, 0) is 24.6 Å². The molecule has 0 saturated carbocycles. The molecule has 0 bridgehead atoms. The van der Waals surface area contributed by atoms with Crippen LogP contribution < -0.4 is 5.73 Å². The molecule has 3 nitrogen and oxygen atoms in total. The standard InChI is InChI=1S/C12H16N2OS/c1-3-8(2)16-7-12-14-10-6-9(13)4-5-11(10)15-12/h4-6,8H,3,7,13H2,1-2H3. The van der Waals surface area contributed by atoms with Gasteiger partial charge in [0.25, 0.3) is 0 Å². The van der Waals surface area contributed by atoms with Gasteiger partial charge in [0.2, 0.25) is 5.89 Å². The van der Waals surface area contributed by atoms with Crippen LogP contribution in [0.1, 0.15) is 26.2 Å². The molecule has 1 atom stereocenters. The Balaban J connectivity index is 2.13. The Morgan fingerprint density at radius 3 is 3.06 bits per heavy atom. The lowest BCUT2D eigenvalue weighted by molar-refractivity contribution is 0.556. The van der Waals surface area contributed by atoms with Crippen LogP contribution in [0.5, 0.6) is 0 Å². The predicted molar refractivity (Wildman–Crippen MR) is 69.5 cm³/mol. The summed E-state index contributed by atoms with van der Waals surface area (Å²) in [5.41, 5.74) is 8.07. The summed E-state index contributed by atoms with van der Waals surface area (Å²) >= 11 is 1.86. The summed E-state index contributed by atoms with van der Waals surface area (Å²) in [4.78, 5) is 4.41. The van der Waals surface area contributed by atoms with Gasteiger partial charge in [-0.15, -0.1) is 11.8 Å². The minimum atomic E-state index is 0.639. The molecule has 0 fully saturated rings. The largest absolute Gasteiger partial charge is 0.440 e. The van der Waals surface area contributed by atoms with Gasteiger partial charge in [0.05, 0.1) is 5.75 Å². The highest BCUT2D eigenvalue weighted by Crippen LogP contribution is 2.23. The molecule has 1 aromatic carbocycles. The van der Waals surface area contributed by atoms with Crippen LogP contribution in [0.15, 0.2) is 22.6 Å². The molecular formula is C12H16N2OS. The average molecular weight is 236 g/mol. The van der Waals surface area contributed by atoms with Crippen molar-refractivity contribution in [3.8, 4) is 0 Å². The Labute approximate surface area is 99.4 Å². The number of hydrogen-bond acceptors (Lipinski definition) is 4. The van der Waals surface area contributed by atoms with Gasteiger partial charge >= 0.3 is 0 Å². The lowest BCUT2D eigenvalue weighted by Crippen LogP contribution is -1.93. The van der Waals surface area contributed by atoms with Crippen LogP contribution in [0.4, 0.5) is 5.69 Å². The van der Waals surface area contributed by atoms with E-state index in [4.69, 9.17) is 10.2 Å². The smallest absolute Gasteiger partial charge is 0.205 e. The van der Waals surface area contributed by atoms with Gasteiger partial charge in [0.15, 0.2) is 5.58 Å². The highest BCUT2D eigenvalue weighted by Gasteiger charge is 2.07. The first-order valence-corrected chi connectivity index (χ1v) is 6.50. The summed E-state index contributed by atoms with van der Waals surface area (Å²) in [5, 5.41) is 0.639. The minimum Gasteiger partial charge on any atom is -0.440 e. The van der Waals surface area contributed by atoms with Crippen molar-refractivity contribution >= 4 is 28.5 Å². The summed E-state index contributed by atoms with van der Waals surface area (Å²) in [6.45, 7) is 4.40. The fourth-order valence-electron chi connectivity index (χ4n) is 1.39. The number of oxazole rings is 1. The van der Waals surface area contributed by atoms with E-state index in [9.17, 15) is 0 Å². The molecule has 0 aliphatic heterocycles. The molecule has 0 saturated heterocycles. The van der Waals surface area contributed by atoms with E-state index in [-0.39, 0.29) is 0 Å². The first kappa shape index (κ1) is 11.3. The number of hydrogen-bond donors (Lipinski definition) is 1. The maximum Gasteiger partial charge on any atom is 0.205 e. The first-order valence-electron chi connectivity index (χ1n) is 5.45. The minimum absolute atomic E-state index is 0.639. The Morgan fingerprint density at radius 1 is 1.50 bits per heavy atom. The summed E-state index contributed by atoms with van der Waals surface area (Å²) in [6, 6.07) is 5.55.